The number of hydrogen-bond acceptors (Lipinski definition) is 4. The Bertz CT molecular complexity index is 702. The minimum atomic E-state index is -3.79. The Morgan fingerprint density at radius 3 is 2.65 bits per heavy atom. The van der Waals surface area contributed by atoms with Gasteiger partial charge in [-0.25, -0.2) is 8.42 Å². The molecule has 0 unspecified atom stereocenters. The summed E-state index contributed by atoms with van der Waals surface area (Å²) >= 11 is 0. The van der Waals surface area contributed by atoms with Gasteiger partial charge in [-0.2, -0.15) is 0 Å². The van der Waals surface area contributed by atoms with Gasteiger partial charge in [-0.1, -0.05) is 31.9 Å². The molecular weight excluding hydrogens is 320 g/mol. The first-order valence-electron chi connectivity index (χ1n) is 7.50. The predicted molar refractivity (Wildman–Crippen MR) is 86.9 cm³/mol. The van der Waals surface area contributed by atoms with E-state index in [-0.39, 0.29) is 5.75 Å². The molecule has 0 fully saturated rings. The molecule has 1 aliphatic rings. The van der Waals surface area contributed by atoms with Gasteiger partial charge in [0.25, 0.3) is 0 Å². The number of benzene rings is 1. The highest BCUT2D eigenvalue weighted by molar-refractivity contribution is 7.92. The maximum absolute atomic E-state index is 12.7. The maximum atomic E-state index is 12.7. The van der Waals surface area contributed by atoms with E-state index in [1.165, 1.54) is 0 Å². The van der Waals surface area contributed by atoms with Crippen molar-refractivity contribution in [2.75, 3.05) is 15.4 Å². The van der Waals surface area contributed by atoms with Crippen molar-refractivity contribution in [3.63, 3.8) is 0 Å². The number of carboxylic acids is 1. The fourth-order valence-electron chi connectivity index (χ4n) is 2.58. The molecule has 7 nitrogen and oxygen atoms in total. The SMILES string of the molecule is CCCCCS(=O)(=O)N1c2ccccc2NC(=O)[C@H]1CC(=O)O. The molecule has 1 heterocycles. The van der Waals surface area contributed by atoms with E-state index in [0.29, 0.717) is 17.8 Å². The van der Waals surface area contributed by atoms with Crippen LogP contribution in [0.1, 0.15) is 32.6 Å². The average Bonchev–Trinajstić information content (AvgIpc) is 2.47. The van der Waals surface area contributed by atoms with Crippen LogP contribution in [-0.2, 0) is 19.6 Å². The van der Waals surface area contributed by atoms with Crippen LogP contribution < -0.4 is 9.62 Å². The number of aliphatic carboxylic acids is 1. The summed E-state index contributed by atoms with van der Waals surface area (Å²) in [4.78, 5) is 23.3. The third-order valence-electron chi connectivity index (χ3n) is 3.66. The molecule has 1 atom stereocenters. The Labute approximate surface area is 135 Å². The number of carboxylic acid groups (broad SMARTS) is 1. The number of carbonyl (C=O) groups excluding carboxylic acids is 1. The lowest BCUT2D eigenvalue weighted by Crippen LogP contribution is -2.52. The number of rotatable bonds is 7. The first kappa shape index (κ1) is 17.3. The Kier molecular flexibility index (Phi) is 5.25. The summed E-state index contributed by atoms with van der Waals surface area (Å²) < 4.78 is 26.4. The molecule has 0 spiro atoms. The summed E-state index contributed by atoms with van der Waals surface area (Å²) in [6.45, 7) is 1.96. The fraction of sp³-hybridized carbons (Fsp3) is 0.467. The Hall–Kier alpha value is -2.09. The number of unbranched alkanes of at least 4 members (excludes halogenated alkanes) is 2. The molecule has 1 aromatic carbocycles. The van der Waals surface area contributed by atoms with Crippen molar-refractivity contribution in [1.29, 1.82) is 0 Å². The molecule has 8 heteroatoms. The van der Waals surface area contributed by atoms with Gasteiger partial charge in [0.2, 0.25) is 15.9 Å². The molecule has 126 valence electrons. The first-order chi connectivity index (χ1) is 10.9. The molecule has 0 saturated heterocycles. The average molecular weight is 340 g/mol. The van der Waals surface area contributed by atoms with Gasteiger partial charge in [0.1, 0.15) is 6.04 Å². The van der Waals surface area contributed by atoms with E-state index in [1.54, 1.807) is 24.3 Å². The number of fused-ring (bicyclic) bond motifs is 1. The normalized spacial score (nSPS) is 17.5. The molecule has 1 aromatic rings. The lowest BCUT2D eigenvalue weighted by atomic mass is 10.1. The van der Waals surface area contributed by atoms with Gasteiger partial charge in [0.15, 0.2) is 0 Å². The Morgan fingerprint density at radius 2 is 2.00 bits per heavy atom. The van der Waals surface area contributed by atoms with Gasteiger partial charge in [0.05, 0.1) is 23.5 Å². The van der Waals surface area contributed by atoms with Gasteiger partial charge < -0.3 is 10.4 Å². The second kappa shape index (κ2) is 6.99. The highest BCUT2D eigenvalue weighted by Gasteiger charge is 2.40. The number of nitrogens with zero attached hydrogens (tertiary/aromatic N) is 1. The van der Waals surface area contributed by atoms with E-state index in [9.17, 15) is 18.0 Å². The van der Waals surface area contributed by atoms with Gasteiger partial charge in [-0.15, -0.1) is 0 Å². The minimum absolute atomic E-state index is 0.113. The van der Waals surface area contributed by atoms with Crippen LogP contribution in [0.2, 0.25) is 0 Å². The Morgan fingerprint density at radius 1 is 1.30 bits per heavy atom. The fourth-order valence-corrected chi connectivity index (χ4v) is 4.36. The van der Waals surface area contributed by atoms with E-state index >= 15 is 0 Å². The first-order valence-corrected chi connectivity index (χ1v) is 9.11. The van der Waals surface area contributed by atoms with Crippen LogP contribution in [-0.4, -0.2) is 37.2 Å². The van der Waals surface area contributed by atoms with Crippen LogP contribution in [0.4, 0.5) is 11.4 Å². The van der Waals surface area contributed by atoms with Crippen LogP contribution in [0, 0.1) is 0 Å². The van der Waals surface area contributed by atoms with Gasteiger partial charge >= 0.3 is 5.97 Å². The molecule has 0 radical (unpaired) electrons. The van der Waals surface area contributed by atoms with Crippen molar-refractivity contribution >= 4 is 33.3 Å². The number of sulfonamides is 1. The number of hydrogen-bond donors (Lipinski definition) is 2. The standard InChI is InChI=1S/C15H20N2O5S/c1-2-3-6-9-23(21,22)17-12-8-5-4-7-11(12)16-15(20)13(17)10-14(18)19/h4-5,7-8,13H,2-3,6,9-10H2,1H3,(H,16,20)(H,18,19)/t13-/m1/s1. The molecule has 0 saturated carbocycles. The zero-order valence-corrected chi connectivity index (χ0v) is 13.7. The quantitative estimate of drug-likeness (QED) is 0.737. The number of para-hydroxylation sites is 2. The van der Waals surface area contributed by atoms with Crippen LogP contribution >= 0.6 is 0 Å². The molecule has 0 aromatic heterocycles. The van der Waals surface area contributed by atoms with Gasteiger partial charge in [-0.3, -0.25) is 13.9 Å². The molecule has 0 aliphatic carbocycles. The minimum Gasteiger partial charge on any atom is -0.481 e. The zero-order valence-electron chi connectivity index (χ0n) is 12.9. The molecule has 23 heavy (non-hydrogen) atoms. The molecular formula is C15H20N2O5S. The number of anilines is 2. The van der Waals surface area contributed by atoms with Crippen molar-refractivity contribution in [3.05, 3.63) is 24.3 Å². The molecule has 0 bridgehead atoms. The summed E-state index contributed by atoms with van der Waals surface area (Å²) in [7, 11) is -3.79. The smallest absolute Gasteiger partial charge is 0.306 e. The summed E-state index contributed by atoms with van der Waals surface area (Å²) in [5, 5.41) is 11.6. The largest absolute Gasteiger partial charge is 0.481 e. The Balaban J connectivity index is 2.44. The zero-order chi connectivity index (χ0) is 17.0. The highest BCUT2D eigenvalue weighted by atomic mass is 32.2. The summed E-state index contributed by atoms with van der Waals surface area (Å²) in [6, 6.07) is 5.23. The number of nitrogens with one attached hydrogen (secondary N) is 1. The highest BCUT2D eigenvalue weighted by Crippen LogP contribution is 2.35. The van der Waals surface area contributed by atoms with E-state index < -0.39 is 34.4 Å². The summed E-state index contributed by atoms with van der Waals surface area (Å²) in [5.74, 6) is -1.96. The number of amides is 1. The van der Waals surface area contributed by atoms with Crippen molar-refractivity contribution in [2.24, 2.45) is 0 Å². The van der Waals surface area contributed by atoms with Gasteiger partial charge in [-0.05, 0) is 18.6 Å². The maximum Gasteiger partial charge on any atom is 0.306 e. The molecule has 1 amide bonds. The third-order valence-corrected chi connectivity index (χ3v) is 5.51. The van der Waals surface area contributed by atoms with Crippen molar-refractivity contribution in [2.45, 2.75) is 38.6 Å². The second-order valence-corrected chi connectivity index (χ2v) is 7.40. The van der Waals surface area contributed by atoms with E-state index in [0.717, 1.165) is 17.1 Å². The molecule has 2 N–H and O–H groups in total. The predicted octanol–water partition coefficient (Wildman–Crippen LogP) is 1.81. The molecule has 2 rings (SSSR count). The summed E-state index contributed by atoms with van der Waals surface area (Å²) in [5.41, 5.74) is 0.688. The monoisotopic (exact) mass is 340 g/mol. The lowest BCUT2D eigenvalue weighted by Gasteiger charge is -2.36. The molecule has 1 aliphatic heterocycles. The van der Waals surface area contributed by atoms with Crippen molar-refractivity contribution < 1.29 is 23.1 Å². The van der Waals surface area contributed by atoms with E-state index in [2.05, 4.69) is 5.32 Å². The van der Waals surface area contributed by atoms with Crippen molar-refractivity contribution in [1.82, 2.24) is 0 Å². The van der Waals surface area contributed by atoms with Crippen LogP contribution in [0.25, 0.3) is 0 Å². The van der Waals surface area contributed by atoms with Crippen LogP contribution in [0.5, 0.6) is 0 Å². The van der Waals surface area contributed by atoms with Crippen molar-refractivity contribution in [3.8, 4) is 0 Å². The second-order valence-electron chi connectivity index (χ2n) is 5.44. The van der Waals surface area contributed by atoms with Crippen LogP contribution in [0.15, 0.2) is 24.3 Å². The number of carbonyl (C=O) groups is 2. The van der Waals surface area contributed by atoms with Crippen LogP contribution in [0.3, 0.4) is 0 Å². The topological polar surface area (TPSA) is 104 Å². The van der Waals surface area contributed by atoms with E-state index in [1.807, 2.05) is 6.92 Å². The van der Waals surface area contributed by atoms with Gasteiger partial charge in [0, 0.05) is 0 Å². The van der Waals surface area contributed by atoms with E-state index in [4.69, 9.17) is 5.11 Å². The third kappa shape index (κ3) is 3.82. The summed E-state index contributed by atoms with van der Waals surface area (Å²) in [6.07, 6.45) is 1.52. The lowest BCUT2D eigenvalue weighted by molar-refractivity contribution is -0.138.